The molecule has 0 aliphatic heterocycles. The topological polar surface area (TPSA) is 87.3 Å². The van der Waals surface area contributed by atoms with E-state index in [0.717, 1.165) is 16.8 Å². The lowest BCUT2D eigenvalue weighted by atomic mass is 9.98. The van der Waals surface area contributed by atoms with Crippen LogP contribution in [0.25, 0.3) is 10.9 Å². The Bertz CT molecular complexity index is 1520. The Kier molecular flexibility index (Phi) is 7.17. The molecule has 2 amide bonds. The van der Waals surface area contributed by atoms with Crippen LogP contribution in [0.4, 0.5) is 5.69 Å². The van der Waals surface area contributed by atoms with Crippen LogP contribution in [-0.2, 0) is 16.1 Å². The fourth-order valence-corrected chi connectivity index (χ4v) is 6.05. The Balaban J connectivity index is 1.40. The fraction of sp³-hybridized carbons (Fsp3) is 0.364. The summed E-state index contributed by atoms with van der Waals surface area (Å²) in [7, 11) is 1.60. The number of ether oxygens (including phenoxy) is 1. The highest BCUT2D eigenvalue weighted by Gasteiger charge is 2.60. The van der Waals surface area contributed by atoms with Crippen molar-refractivity contribution in [3.63, 3.8) is 0 Å². The first-order chi connectivity index (χ1) is 19.0. The van der Waals surface area contributed by atoms with Crippen LogP contribution in [-0.4, -0.2) is 39.3 Å². The van der Waals surface area contributed by atoms with Crippen molar-refractivity contribution in [3.8, 4) is 5.75 Å². The van der Waals surface area contributed by atoms with E-state index in [1.807, 2.05) is 18.2 Å². The summed E-state index contributed by atoms with van der Waals surface area (Å²) in [6.45, 7) is 10.5. The van der Waals surface area contributed by atoms with Crippen LogP contribution < -0.4 is 10.1 Å². The van der Waals surface area contributed by atoms with Crippen molar-refractivity contribution in [1.29, 1.82) is 0 Å². The van der Waals surface area contributed by atoms with E-state index < -0.39 is 5.54 Å². The molecular weight excluding hydrogens is 500 g/mol. The summed E-state index contributed by atoms with van der Waals surface area (Å²) >= 11 is 0. The largest absolute Gasteiger partial charge is 0.497 e. The minimum absolute atomic E-state index is 0.0408. The Hall–Kier alpha value is -4.13. The molecule has 1 saturated carbocycles. The van der Waals surface area contributed by atoms with E-state index in [-0.39, 0.29) is 29.1 Å². The lowest BCUT2D eigenvalue weighted by Crippen LogP contribution is -2.54. The number of amides is 2. The quantitative estimate of drug-likeness (QED) is 0.256. The number of methoxy groups -OCH3 is 1. The Labute approximate surface area is 236 Å². The van der Waals surface area contributed by atoms with Crippen molar-refractivity contribution in [2.24, 2.45) is 11.3 Å². The smallest absolute Gasteiger partial charge is 0.249 e. The Morgan fingerprint density at radius 2 is 1.80 bits per heavy atom. The molecule has 1 aliphatic carbocycles. The first kappa shape index (κ1) is 27.4. The van der Waals surface area contributed by atoms with E-state index in [2.05, 4.69) is 54.3 Å². The third kappa shape index (κ3) is 5.08. The van der Waals surface area contributed by atoms with Gasteiger partial charge in [0, 0.05) is 47.6 Å². The number of benzene rings is 2. The maximum absolute atomic E-state index is 14.1. The van der Waals surface area contributed by atoms with E-state index in [4.69, 9.17) is 4.74 Å². The second-order valence-corrected chi connectivity index (χ2v) is 11.9. The summed E-state index contributed by atoms with van der Waals surface area (Å²) in [4.78, 5) is 37.2. The number of aromatic amines is 1. The zero-order valence-corrected chi connectivity index (χ0v) is 24.1. The SMILES string of the molecule is COc1ccc(NC(=O)C(C)(C)N(Cc2cccnc2)C(=O)C[C@@H]2[C@@H](c3c(C)[nH]c4ccccc34)C2(C)C)cc1. The van der Waals surface area contributed by atoms with Gasteiger partial charge in [-0.05, 0) is 85.5 Å². The second kappa shape index (κ2) is 10.5. The molecular formula is C33H38N4O3. The highest BCUT2D eigenvalue weighted by molar-refractivity contribution is 6.00. The molecule has 5 rings (SSSR count). The van der Waals surface area contributed by atoms with Gasteiger partial charge in [0.05, 0.1) is 7.11 Å². The summed E-state index contributed by atoms with van der Waals surface area (Å²) in [6, 6.07) is 19.3. The zero-order chi connectivity index (χ0) is 28.7. The number of pyridine rings is 1. The second-order valence-electron chi connectivity index (χ2n) is 11.9. The first-order valence-corrected chi connectivity index (χ1v) is 13.8. The zero-order valence-electron chi connectivity index (χ0n) is 24.1. The van der Waals surface area contributed by atoms with Crippen LogP contribution in [0.3, 0.4) is 0 Å². The molecule has 0 bridgehead atoms. The number of nitrogens with one attached hydrogen (secondary N) is 2. The van der Waals surface area contributed by atoms with Crippen molar-refractivity contribution in [2.75, 3.05) is 12.4 Å². The molecule has 0 radical (unpaired) electrons. The highest BCUT2D eigenvalue weighted by atomic mass is 16.5. The number of aromatic nitrogens is 2. The fourth-order valence-electron chi connectivity index (χ4n) is 6.05. The average molecular weight is 539 g/mol. The number of carbonyl (C=O) groups excluding carboxylic acids is 2. The number of para-hydroxylation sites is 1. The third-order valence-electron chi connectivity index (χ3n) is 8.64. The molecule has 0 spiro atoms. The molecule has 7 nitrogen and oxygen atoms in total. The average Bonchev–Trinajstić information content (AvgIpc) is 3.29. The first-order valence-electron chi connectivity index (χ1n) is 13.8. The van der Waals surface area contributed by atoms with Crippen molar-refractivity contribution in [1.82, 2.24) is 14.9 Å². The van der Waals surface area contributed by atoms with Gasteiger partial charge in [-0.2, -0.15) is 0 Å². The van der Waals surface area contributed by atoms with Gasteiger partial charge in [0.2, 0.25) is 11.8 Å². The molecule has 2 aromatic heterocycles. The van der Waals surface area contributed by atoms with Crippen molar-refractivity contribution in [3.05, 3.63) is 89.9 Å². The Morgan fingerprint density at radius 1 is 1.07 bits per heavy atom. The maximum atomic E-state index is 14.1. The van der Waals surface area contributed by atoms with Crippen LogP contribution in [0.1, 0.15) is 56.9 Å². The van der Waals surface area contributed by atoms with E-state index in [0.29, 0.717) is 24.4 Å². The molecule has 0 saturated heterocycles. The van der Waals surface area contributed by atoms with Gasteiger partial charge in [-0.25, -0.2) is 0 Å². The number of hydrogen-bond donors (Lipinski definition) is 2. The van der Waals surface area contributed by atoms with Crippen LogP contribution in [0.2, 0.25) is 0 Å². The summed E-state index contributed by atoms with van der Waals surface area (Å²) in [5.74, 6) is 0.822. The van der Waals surface area contributed by atoms with Gasteiger partial charge in [-0.3, -0.25) is 14.6 Å². The van der Waals surface area contributed by atoms with Crippen LogP contribution >= 0.6 is 0 Å². The number of aryl methyl sites for hydroxylation is 1. The van der Waals surface area contributed by atoms with Gasteiger partial charge in [0.25, 0.3) is 0 Å². The van der Waals surface area contributed by atoms with E-state index in [9.17, 15) is 9.59 Å². The number of nitrogens with zero attached hydrogens (tertiary/aromatic N) is 2. The third-order valence-corrected chi connectivity index (χ3v) is 8.64. The molecule has 2 heterocycles. The number of carbonyl (C=O) groups is 2. The van der Waals surface area contributed by atoms with E-state index in [1.165, 1.54) is 10.9 Å². The molecule has 7 heteroatoms. The van der Waals surface area contributed by atoms with E-state index in [1.54, 1.807) is 62.5 Å². The molecule has 1 fully saturated rings. The predicted molar refractivity (Wildman–Crippen MR) is 158 cm³/mol. The van der Waals surface area contributed by atoms with Crippen LogP contribution in [0.5, 0.6) is 5.75 Å². The van der Waals surface area contributed by atoms with Crippen LogP contribution in [0, 0.1) is 18.3 Å². The van der Waals surface area contributed by atoms with Crippen molar-refractivity contribution < 1.29 is 14.3 Å². The Morgan fingerprint density at radius 3 is 2.48 bits per heavy atom. The normalized spacial score (nSPS) is 17.9. The van der Waals surface area contributed by atoms with Crippen molar-refractivity contribution in [2.45, 2.75) is 59.0 Å². The summed E-state index contributed by atoms with van der Waals surface area (Å²) < 4.78 is 5.23. The molecule has 0 unspecified atom stereocenters. The summed E-state index contributed by atoms with van der Waals surface area (Å²) in [5, 5.41) is 4.21. The number of anilines is 1. The number of fused-ring (bicyclic) bond motifs is 1. The standard InChI is InChI=1S/C33H38N4O3/c1-21-29(25-11-7-8-12-27(25)35-21)30-26(32(30,2)3)18-28(38)37(20-22-10-9-17-34-19-22)33(4,5)31(39)36-23-13-15-24(40-6)16-14-23/h7-17,19,26,30,35H,18,20H2,1-6H3,(H,36,39)/t26-,30+/m1/s1. The maximum Gasteiger partial charge on any atom is 0.249 e. The van der Waals surface area contributed by atoms with Gasteiger partial charge < -0.3 is 19.9 Å². The van der Waals surface area contributed by atoms with Gasteiger partial charge in [0.1, 0.15) is 11.3 Å². The summed E-state index contributed by atoms with van der Waals surface area (Å²) in [5.41, 5.74) is 3.94. The van der Waals surface area contributed by atoms with Crippen LogP contribution in [0.15, 0.2) is 73.1 Å². The molecule has 40 heavy (non-hydrogen) atoms. The predicted octanol–water partition coefficient (Wildman–Crippen LogP) is 6.46. The monoisotopic (exact) mass is 538 g/mol. The minimum Gasteiger partial charge on any atom is -0.497 e. The molecule has 2 atom stereocenters. The van der Waals surface area contributed by atoms with E-state index >= 15 is 0 Å². The molecule has 2 aromatic carbocycles. The number of hydrogen-bond acceptors (Lipinski definition) is 4. The molecule has 4 aromatic rings. The van der Waals surface area contributed by atoms with Gasteiger partial charge in [-0.15, -0.1) is 0 Å². The lowest BCUT2D eigenvalue weighted by Gasteiger charge is -2.37. The number of H-pyrrole nitrogens is 1. The minimum atomic E-state index is -1.11. The molecule has 1 aliphatic rings. The van der Waals surface area contributed by atoms with Crippen molar-refractivity contribution >= 4 is 28.4 Å². The molecule has 2 N–H and O–H groups in total. The van der Waals surface area contributed by atoms with Gasteiger partial charge in [0.15, 0.2) is 0 Å². The number of rotatable bonds is 9. The van der Waals surface area contributed by atoms with Gasteiger partial charge >= 0.3 is 0 Å². The lowest BCUT2D eigenvalue weighted by molar-refractivity contribution is -0.145. The summed E-state index contributed by atoms with van der Waals surface area (Å²) in [6.07, 6.45) is 3.81. The molecule has 208 valence electrons. The van der Waals surface area contributed by atoms with Gasteiger partial charge in [-0.1, -0.05) is 38.1 Å². The highest BCUT2D eigenvalue weighted by Crippen LogP contribution is 2.67.